The Bertz CT molecular complexity index is 437. The second-order valence-corrected chi connectivity index (χ2v) is 7.25. The molecule has 1 aromatic heterocycles. The summed E-state index contributed by atoms with van der Waals surface area (Å²) in [4.78, 5) is 11.5. The molecule has 0 amide bonds. The fourth-order valence-corrected chi connectivity index (χ4v) is 4.46. The molecule has 5 heteroatoms. The van der Waals surface area contributed by atoms with E-state index < -0.39 is 0 Å². The highest BCUT2D eigenvalue weighted by atomic mass is 32.1. The summed E-state index contributed by atoms with van der Waals surface area (Å²) in [6.07, 6.45) is 4.85. The van der Waals surface area contributed by atoms with Crippen LogP contribution in [-0.2, 0) is 12.8 Å². The first-order valence-corrected chi connectivity index (χ1v) is 8.74. The van der Waals surface area contributed by atoms with Gasteiger partial charge in [-0.05, 0) is 44.7 Å². The largest absolute Gasteiger partial charge is 0.346 e. The van der Waals surface area contributed by atoms with Gasteiger partial charge in [0.05, 0.1) is 5.69 Å². The lowest BCUT2D eigenvalue weighted by molar-refractivity contribution is 0.256. The number of thiazole rings is 1. The van der Waals surface area contributed by atoms with Crippen molar-refractivity contribution in [3.05, 3.63) is 10.6 Å². The first-order valence-electron chi connectivity index (χ1n) is 7.92. The minimum atomic E-state index is 0.803. The minimum Gasteiger partial charge on any atom is -0.346 e. The van der Waals surface area contributed by atoms with Gasteiger partial charge in [-0.25, -0.2) is 4.98 Å². The molecule has 0 saturated carbocycles. The molecule has 112 valence electrons. The summed E-state index contributed by atoms with van der Waals surface area (Å²) in [5, 5.41) is 1.27. The van der Waals surface area contributed by atoms with Crippen molar-refractivity contribution in [1.82, 2.24) is 9.88 Å². The van der Waals surface area contributed by atoms with Crippen molar-refractivity contribution < 1.29 is 0 Å². The third-order valence-corrected chi connectivity index (χ3v) is 5.68. The molecule has 1 fully saturated rings. The van der Waals surface area contributed by atoms with Gasteiger partial charge in [-0.3, -0.25) is 4.90 Å². The number of rotatable bonds is 4. The Hall–Kier alpha value is -0.650. The van der Waals surface area contributed by atoms with Crippen molar-refractivity contribution in [2.24, 2.45) is 11.7 Å². The van der Waals surface area contributed by atoms with E-state index in [9.17, 15) is 0 Å². The Balaban J connectivity index is 1.58. The van der Waals surface area contributed by atoms with Crippen molar-refractivity contribution in [2.45, 2.75) is 32.6 Å². The number of nitrogens with zero attached hydrogens (tertiary/aromatic N) is 3. The number of piperazine rings is 1. The Morgan fingerprint density at radius 1 is 1.30 bits per heavy atom. The maximum Gasteiger partial charge on any atom is 0.185 e. The molecule has 0 aromatic carbocycles. The van der Waals surface area contributed by atoms with E-state index in [0.29, 0.717) is 0 Å². The fraction of sp³-hybridized carbons (Fsp3) is 0.800. The van der Waals surface area contributed by atoms with Crippen LogP contribution in [0, 0.1) is 5.92 Å². The molecule has 0 bridgehead atoms. The highest BCUT2D eigenvalue weighted by Crippen LogP contribution is 2.34. The first-order chi connectivity index (χ1) is 9.76. The van der Waals surface area contributed by atoms with Crippen LogP contribution < -0.4 is 10.6 Å². The molecule has 2 N–H and O–H groups in total. The maximum absolute atomic E-state index is 5.59. The summed E-state index contributed by atoms with van der Waals surface area (Å²) >= 11 is 1.94. The van der Waals surface area contributed by atoms with Gasteiger partial charge in [0.2, 0.25) is 0 Å². The van der Waals surface area contributed by atoms with Crippen molar-refractivity contribution in [2.75, 3.05) is 44.2 Å². The molecule has 1 aromatic rings. The summed E-state index contributed by atoms with van der Waals surface area (Å²) in [5.74, 6) is 0.837. The smallest absolute Gasteiger partial charge is 0.185 e. The lowest BCUT2D eigenvalue weighted by atomic mass is 9.93. The molecule has 2 aliphatic rings. The van der Waals surface area contributed by atoms with Crippen molar-refractivity contribution in [1.29, 1.82) is 0 Å². The molecule has 2 heterocycles. The zero-order valence-corrected chi connectivity index (χ0v) is 13.3. The summed E-state index contributed by atoms with van der Waals surface area (Å²) in [5.41, 5.74) is 6.97. The minimum absolute atomic E-state index is 0.803. The quantitative estimate of drug-likeness (QED) is 0.919. The standard InChI is InChI=1S/C15H26N4S/c1-12-3-4-13-14(11-12)20-15(17-13)19-9-7-18(8-10-19)6-2-5-16/h12H,2-11,16H2,1H3. The van der Waals surface area contributed by atoms with Gasteiger partial charge < -0.3 is 10.6 Å². The number of fused-ring (bicyclic) bond motifs is 1. The second kappa shape index (κ2) is 6.41. The van der Waals surface area contributed by atoms with Crippen LogP contribution in [0.15, 0.2) is 0 Å². The van der Waals surface area contributed by atoms with Crippen LogP contribution in [0.2, 0.25) is 0 Å². The van der Waals surface area contributed by atoms with Gasteiger partial charge in [0.15, 0.2) is 5.13 Å². The summed E-state index contributed by atoms with van der Waals surface area (Å²) < 4.78 is 0. The van der Waals surface area contributed by atoms with E-state index in [1.165, 1.54) is 30.1 Å². The molecular weight excluding hydrogens is 268 g/mol. The predicted molar refractivity (Wildman–Crippen MR) is 85.6 cm³/mol. The van der Waals surface area contributed by atoms with Crippen molar-refractivity contribution in [3.63, 3.8) is 0 Å². The molecule has 0 spiro atoms. The summed E-state index contributed by atoms with van der Waals surface area (Å²) in [6, 6.07) is 0. The van der Waals surface area contributed by atoms with E-state index in [2.05, 4.69) is 16.7 Å². The van der Waals surface area contributed by atoms with Gasteiger partial charge in [0.1, 0.15) is 0 Å². The highest BCUT2D eigenvalue weighted by Gasteiger charge is 2.24. The molecule has 20 heavy (non-hydrogen) atoms. The van der Waals surface area contributed by atoms with Gasteiger partial charge in [-0.1, -0.05) is 6.92 Å². The van der Waals surface area contributed by atoms with Crippen LogP contribution in [0.3, 0.4) is 0 Å². The van der Waals surface area contributed by atoms with Crippen LogP contribution in [0.5, 0.6) is 0 Å². The van der Waals surface area contributed by atoms with Crippen LogP contribution in [0.25, 0.3) is 0 Å². The van der Waals surface area contributed by atoms with Crippen LogP contribution >= 0.6 is 11.3 Å². The molecule has 1 aliphatic heterocycles. The van der Waals surface area contributed by atoms with Gasteiger partial charge in [-0.2, -0.15) is 0 Å². The third-order valence-electron chi connectivity index (χ3n) is 4.50. The number of aromatic nitrogens is 1. The highest BCUT2D eigenvalue weighted by molar-refractivity contribution is 7.15. The predicted octanol–water partition coefficient (Wildman–Crippen LogP) is 1.74. The number of aryl methyl sites for hydroxylation is 1. The Kier molecular flexibility index (Phi) is 4.58. The van der Waals surface area contributed by atoms with E-state index in [0.717, 1.165) is 51.6 Å². The average molecular weight is 294 g/mol. The first kappa shape index (κ1) is 14.3. The summed E-state index contributed by atoms with van der Waals surface area (Å²) in [7, 11) is 0. The van der Waals surface area contributed by atoms with Gasteiger partial charge in [-0.15, -0.1) is 11.3 Å². The normalized spacial score (nSPS) is 23.9. The molecule has 1 aliphatic carbocycles. The Morgan fingerprint density at radius 3 is 2.85 bits per heavy atom. The number of hydrogen-bond acceptors (Lipinski definition) is 5. The molecule has 1 unspecified atom stereocenters. The zero-order chi connectivity index (χ0) is 13.9. The van der Waals surface area contributed by atoms with Gasteiger partial charge >= 0.3 is 0 Å². The van der Waals surface area contributed by atoms with E-state index in [-0.39, 0.29) is 0 Å². The fourth-order valence-electron chi connectivity index (χ4n) is 3.14. The number of anilines is 1. The van der Waals surface area contributed by atoms with E-state index in [1.54, 1.807) is 4.88 Å². The topological polar surface area (TPSA) is 45.4 Å². The van der Waals surface area contributed by atoms with E-state index in [4.69, 9.17) is 10.7 Å². The van der Waals surface area contributed by atoms with E-state index in [1.807, 2.05) is 11.3 Å². The van der Waals surface area contributed by atoms with Crippen LogP contribution in [-0.4, -0.2) is 49.2 Å². The lowest BCUT2D eigenvalue weighted by Crippen LogP contribution is -2.46. The van der Waals surface area contributed by atoms with Crippen molar-refractivity contribution in [3.8, 4) is 0 Å². The average Bonchev–Trinajstić information content (AvgIpc) is 2.88. The Labute approximate surface area is 126 Å². The molecular formula is C15H26N4S. The molecule has 4 nitrogen and oxygen atoms in total. The molecule has 1 saturated heterocycles. The Morgan fingerprint density at radius 2 is 2.10 bits per heavy atom. The van der Waals surface area contributed by atoms with Crippen LogP contribution in [0.4, 0.5) is 5.13 Å². The molecule has 1 atom stereocenters. The SMILES string of the molecule is CC1CCc2nc(N3CCN(CCCN)CC3)sc2C1. The van der Waals surface area contributed by atoms with Gasteiger partial charge in [0.25, 0.3) is 0 Å². The van der Waals surface area contributed by atoms with Crippen LogP contribution in [0.1, 0.15) is 30.3 Å². The maximum atomic E-state index is 5.59. The zero-order valence-electron chi connectivity index (χ0n) is 12.5. The number of hydrogen-bond donors (Lipinski definition) is 1. The molecule has 0 radical (unpaired) electrons. The third kappa shape index (κ3) is 3.15. The van der Waals surface area contributed by atoms with Crippen molar-refractivity contribution >= 4 is 16.5 Å². The molecule has 3 rings (SSSR count). The van der Waals surface area contributed by atoms with Gasteiger partial charge in [0, 0.05) is 31.1 Å². The number of nitrogens with two attached hydrogens (primary N) is 1. The monoisotopic (exact) mass is 294 g/mol. The second-order valence-electron chi connectivity index (χ2n) is 6.19. The summed E-state index contributed by atoms with van der Waals surface area (Å²) in [6.45, 7) is 8.85. The lowest BCUT2D eigenvalue weighted by Gasteiger charge is -2.34. The van der Waals surface area contributed by atoms with E-state index >= 15 is 0 Å².